The van der Waals surface area contributed by atoms with Crippen molar-refractivity contribution >= 4 is 17.5 Å². The van der Waals surface area contributed by atoms with Crippen molar-refractivity contribution in [3.63, 3.8) is 0 Å². The van der Waals surface area contributed by atoms with E-state index in [1.807, 2.05) is 42.5 Å². The molecule has 5 nitrogen and oxygen atoms in total. The molecule has 0 saturated heterocycles. The minimum atomic E-state index is -1.10. The van der Waals surface area contributed by atoms with E-state index in [9.17, 15) is 4.79 Å². The summed E-state index contributed by atoms with van der Waals surface area (Å²) in [5.41, 5.74) is 7.90. The van der Waals surface area contributed by atoms with Crippen molar-refractivity contribution in [2.75, 3.05) is 11.1 Å². The van der Waals surface area contributed by atoms with Crippen molar-refractivity contribution in [3.05, 3.63) is 60.2 Å². The van der Waals surface area contributed by atoms with E-state index in [1.165, 1.54) is 0 Å². The molecule has 0 aromatic heterocycles. The van der Waals surface area contributed by atoms with Crippen molar-refractivity contribution in [1.29, 1.82) is 0 Å². The summed E-state index contributed by atoms with van der Waals surface area (Å²) < 4.78 is 0. The number of anilines is 2. The predicted octanol–water partition coefficient (Wildman–Crippen LogP) is 2.65. The zero-order chi connectivity index (χ0) is 13.7. The third kappa shape index (κ3) is 3.38. The van der Waals surface area contributed by atoms with Gasteiger partial charge in [-0.15, -0.1) is 0 Å². The Bertz CT molecular complexity index is 558. The summed E-state index contributed by atoms with van der Waals surface area (Å²) in [5.74, 6) is 0. The van der Waals surface area contributed by atoms with Crippen LogP contribution >= 0.6 is 0 Å². The van der Waals surface area contributed by atoms with Gasteiger partial charge < -0.3 is 16.2 Å². The normalized spacial score (nSPS) is 11.6. The molecule has 1 unspecified atom stereocenters. The van der Waals surface area contributed by atoms with Crippen LogP contribution in [0.25, 0.3) is 0 Å². The van der Waals surface area contributed by atoms with Gasteiger partial charge in [-0.3, -0.25) is 5.32 Å². The van der Waals surface area contributed by atoms with Gasteiger partial charge in [-0.05, 0) is 17.7 Å². The Morgan fingerprint density at radius 1 is 1.05 bits per heavy atom. The number of nitrogen functional groups attached to an aromatic ring is 1. The average Bonchev–Trinajstić information content (AvgIpc) is 2.41. The molecule has 0 bridgehead atoms. The van der Waals surface area contributed by atoms with E-state index in [-0.39, 0.29) is 0 Å². The van der Waals surface area contributed by atoms with Crippen LogP contribution in [0, 0.1) is 0 Å². The first kappa shape index (κ1) is 12.8. The number of rotatable bonds is 4. The van der Waals surface area contributed by atoms with Crippen molar-refractivity contribution in [3.8, 4) is 0 Å². The van der Waals surface area contributed by atoms with Crippen LogP contribution in [-0.4, -0.2) is 11.2 Å². The molecule has 2 aromatic carbocycles. The lowest BCUT2D eigenvalue weighted by Crippen LogP contribution is -2.32. The van der Waals surface area contributed by atoms with E-state index in [4.69, 9.17) is 10.8 Å². The third-order valence-corrected chi connectivity index (χ3v) is 2.66. The van der Waals surface area contributed by atoms with E-state index < -0.39 is 12.3 Å². The fourth-order valence-electron chi connectivity index (χ4n) is 1.76. The number of para-hydroxylation sites is 2. The van der Waals surface area contributed by atoms with Gasteiger partial charge in [-0.25, -0.2) is 4.79 Å². The third-order valence-electron chi connectivity index (χ3n) is 2.66. The van der Waals surface area contributed by atoms with E-state index in [0.29, 0.717) is 11.4 Å². The van der Waals surface area contributed by atoms with Gasteiger partial charge in [0.1, 0.15) is 6.17 Å². The number of hydrogen-bond acceptors (Lipinski definition) is 3. The number of carboxylic acid groups (broad SMARTS) is 1. The summed E-state index contributed by atoms with van der Waals surface area (Å²) in [7, 11) is 0. The standard InChI is InChI=1S/C14H15N3O2/c15-11-8-4-5-9-12(11)16-13(17-14(18)19)10-6-2-1-3-7-10/h1-9,13,16-17H,15H2,(H,18,19). The van der Waals surface area contributed by atoms with Crippen LogP contribution in [0.15, 0.2) is 54.6 Å². The van der Waals surface area contributed by atoms with Crippen molar-refractivity contribution < 1.29 is 9.90 Å². The smallest absolute Gasteiger partial charge is 0.406 e. The number of benzene rings is 2. The molecule has 0 aliphatic carbocycles. The largest absolute Gasteiger partial charge is 0.465 e. The lowest BCUT2D eigenvalue weighted by molar-refractivity contribution is 0.191. The number of hydrogen-bond donors (Lipinski definition) is 4. The minimum absolute atomic E-state index is 0.552. The Kier molecular flexibility index (Phi) is 3.87. The van der Waals surface area contributed by atoms with Crippen LogP contribution in [0.5, 0.6) is 0 Å². The highest BCUT2D eigenvalue weighted by Crippen LogP contribution is 2.22. The van der Waals surface area contributed by atoms with Gasteiger partial charge in [0.2, 0.25) is 0 Å². The van der Waals surface area contributed by atoms with Crippen molar-refractivity contribution in [2.24, 2.45) is 0 Å². The molecule has 1 atom stereocenters. The molecule has 19 heavy (non-hydrogen) atoms. The molecule has 98 valence electrons. The molecule has 2 rings (SSSR count). The van der Waals surface area contributed by atoms with Gasteiger partial charge in [-0.1, -0.05) is 42.5 Å². The summed E-state index contributed by atoms with van der Waals surface area (Å²) >= 11 is 0. The fraction of sp³-hybridized carbons (Fsp3) is 0.0714. The summed E-state index contributed by atoms with van der Waals surface area (Å²) in [4.78, 5) is 10.9. The summed E-state index contributed by atoms with van der Waals surface area (Å²) in [6.07, 6.45) is -1.65. The Hall–Kier alpha value is -2.69. The molecule has 0 aliphatic rings. The Balaban J connectivity index is 2.24. The second-order valence-electron chi connectivity index (χ2n) is 4.02. The number of amides is 1. The Morgan fingerprint density at radius 2 is 1.68 bits per heavy atom. The van der Waals surface area contributed by atoms with E-state index >= 15 is 0 Å². The predicted molar refractivity (Wildman–Crippen MR) is 74.8 cm³/mol. The number of nitrogens with one attached hydrogen (secondary N) is 2. The lowest BCUT2D eigenvalue weighted by atomic mass is 10.1. The van der Waals surface area contributed by atoms with Crippen LogP contribution in [-0.2, 0) is 0 Å². The lowest BCUT2D eigenvalue weighted by Gasteiger charge is -2.21. The van der Waals surface area contributed by atoms with Gasteiger partial charge in [0.05, 0.1) is 11.4 Å². The Morgan fingerprint density at radius 3 is 2.32 bits per heavy atom. The van der Waals surface area contributed by atoms with Crippen LogP contribution in [0.4, 0.5) is 16.2 Å². The second kappa shape index (κ2) is 5.77. The first-order valence-corrected chi connectivity index (χ1v) is 5.82. The highest BCUT2D eigenvalue weighted by Gasteiger charge is 2.14. The maximum absolute atomic E-state index is 10.9. The van der Waals surface area contributed by atoms with Crippen molar-refractivity contribution in [2.45, 2.75) is 6.17 Å². The zero-order valence-corrected chi connectivity index (χ0v) is 10.2. The highest BCUT2D eigenvalue weighted by molar-refractivity contribution is 5.69. The molecule has 0 fully saturated rings. The number of nitrogens with two attached hydrogens (primary N) is 1. The first-order valence-electron chi connectivity index (χ1n) is 5.82. The van der Waals surface area contributed by atoms with Crippen LogP contribution in [0.1, 0.15) is 11.7 Å². The molecule has 1 amide bonds. The summed E-state index contributed by atoms with van der Waals surface area (Å²) in [5, 5.41) is 14.4. The highest BCUT2D eigenvalue weighted by atomic mass is 16.4. The molecule has 0 heterocycles. The minimum Gasteiger partial charge on any atom is -0.465 e. The van der Waals surface area contributed by atoms with Gasteiger partial charge in [0.25, 0.3) is 0 Å². The molecule has 0 aliphatic heterocycles. The Labute approximate surface area is 111 Å². The molecule has 5 heteroatoms. The van der Waals surface area contributed by atoms with Gasteiger partial charge in [0.15, 0.2) is 0 Å². The molecule has 0 radical (unpaired) electrons. The monoisotopic (exact) mass is 257 g/mol. The van der Waals surface area contributed by atoms with Crippen LogP contribution in [0.2, 0.25) is 0 Å². The maximum Gasteiger partial charge on any atom is 0.406 e. The SMILES string of the molecule is Nc1ccccc1NC(NC(=O)O)c1ccccc1. The summed E-state index contributed by atoms with van der Waals surface area (Å²) in [6, 6.07) is 16.5. The van der Waals surface area contributed by atoms with E-state index in [1.54, 1.807) is 12.1 Å². The average molecular weight is 257 g/mol. The van der Waals surface area contributed by atoms with Gasteiger partial charge >= 0.3 is 6.09 Å². The molecular weight excluding hydrogens is 242 g/mol. The zero-order valence-electron chi connectivity index (χ0n) is 10.2. The topological polar surface area (TPSA) is 87.4 Å². The fourth-order valence-corrected chi connectivity index (χ4v) is 1.76. The van der Waals surface area contributed by atoms with Gasteiger partial charge in [-0.2, -0.15) is 0 Å². The summed E-state index contributed by atoms with van der Waals surface area (Å²) in [6.45, 7) is 0. The molecule has 5 N–H and O–H groups in total. The van der Waals surface area contributed by atoms with Crippen LogP contribution in [0.3, 0.4) is 0 Å². The maximum atomic E-state index is 10.9. The van der Waals surface area contributed by atoms with Crippen LogP contribution < -0.4 is 16.4 Å². The van der Waals surface area contributed by atoms with E-state index in [2.05, 4.69) is 10.6 Å². The van der Waals surface area contributed by atoms with Crippen molar-refractivity contribution in [1.82, 2.24) is 5.32 Å². The first-order chi connectivity index (χ1) is 9.16. The van der Waals surface area contributed by atoms with E-state index in [0.717, 1.165) is 5.56 Å². The van der Waals surface area contributed by atoms with Gasteiger partial charge in [0, 0.05) is 0 Å². The quantitative estimate of drug-likeness (QED) is 0.501. The number of carbonyl (C=O) groups is 1. The molecule has 0 spiro atoms. The molecule has 2 aromatic rings. The molecular formula is C14H15N3O2. The molecule has 0 saturated carbocycles. The second-order valence-corrected chi connectivity index (χ2v) is 4.02.